The summed E-state index contributed by atoms with van der Waals surface area (Å²) < 4.78 is 37.5. The third kappa shape index (κ3) is 23.7. The second kappa shape index (κ2) is 24.7. The van der Waals surface area contributed by atoms with Crippen LogP contribution in [0, 0.1) is 0 Å². The van der Waals surface area contributed by atoms with Crippen molar-refractivity contribution in [2.75, 3.05) is 6.61 Å². The fraction of sp³-hybridized carbons (Fsp3) is 0.818. The van der Waals surface area contributed by atoms with E-state index in [9.17, 15) is 27.7 Å². The van der Waals surface area contributed by atoms with Crippen LogP contribution >= 0.6 is 0 Å². The zero-order valence-electron chi connectivity index (χ0n) is 20.3. The van der Waals surface area contributed by atoms with Gasteiger partial charge in [-0.3, -0.25) is 4.79 Å². The van der Waals surface area contributed by atoms with E-state index < -0.39 is 33.7 Å². The summed E-state index contributed by atoms with van der Waals surface area (Å²) in [7, 11) is -5.08. The van der Waals surface area contributed by atoms with Crippen LogP contribution in [-0.2, 0) is 24.4 Å². The van der Waals surface area contributed by atoms with Crippen molar-refractivity contribution < 1.29 is 91.5 Å². The summed E-state index contributed by atoms with van der Waals surface area (Å²) in [5.74, 6) is -3.10. The van der Waals surface area contributed by atoms with E-state index in [2.05, 4.69) is 19.1 Å². The van der Waals surface area contributed by atoms with Crippen LogP contribution in [0.25, 0.3) is 0 Å². The topological polar surface area (TPSA) is 124 Å². The molecule has 0 spiro atoms. The molecule has 0 heterocycles. The van der Waals surface area contributed by atoms with Crippen LogP contribution in [0.15, 0.2) is 12.2 Å². The molecule has 0 amide bonds. The number of rotatable bonds is 20. The van der Waals surface area contributed by atoms with Crippen LogP contribution in [0.3, 0.4) is 0 Å². The second-order valence-electron chi connectivity index (χ2n) is 7.66. The molecule has 1 atom stereocenters. The van der Waals surface area contributed by atoms with Gasteiger partial charge in [0.1, 0.15) is 10.1 Å². The van der Waals surface area contributed by atoms with E-state index in [4.69, 9.17) is 4.74 Å². The molecular formula is C22H38Na2O7S. The molecule has 0 saturated carbocycles. The van der Waals surface area contributed by atoms with Crippen molar-refractivity contribution in [3.63, 3.8) is 0 Å². The number of hydrogen-bond acceptors (Lipinski definition) is 7. The normalized spacial score (nSPS) is 12.1. The third-order valence-corrected chi connectivity index (χ3v) is 5.92. The number of carboxylic acids is 1. The minimum Gasteiger partial charge on any atom is -0.747 e. The Hall–Kier alpha value is 0.590. The van der Waals surface area contributed by atoms with Crippen molar-refractivity contribution in [1.82, 2.24) is 0 Å². The van der Waals surface area contributed by atoms with Crippen molar-refractivity contribution in [3.8, 4) is 0 Å². The number of unbranched alkanes of at least 4 members (excludes halogenated alkanes) is 12. The van der Waals surface area contributed by atoms with E-state index in [1.807, 2.05) is 0 Å². The van der Waals surface area contributed by atoms with E-state index >= 15 is 0 Å². The van der Waals surface area contributed by atoms with Crippen molar-refractivity contribution >= 4 is 22.1 Å². The predicted octanol–water partition coefficient (Wildman–Crippen LogP) is -2.37. The molecule has 0 aromatic rings. The SMILES string of the molecule is CCCCCCCCC=CCCCCCCCCOC(=O)C(CC(=O)[O-])S(=O)(=O)[O-].[Na+].[Na+]. The number of aliphatic carboxylic acids is 1. The molecule has 10 heteroatoms. The van der Waals surface area contributed by atoms with Gasteiger partial charge < -0.3 is 19.2 Å². The van der Waals surface area contributed by atoms with E-state index in [1.165, 1.54) is 44.9 Å². The molecule has 0 fully saturated rings. The first-order chi connectivity index (χ1) is 14.3. The van der Waals surface area contributed by atoms with Gasteiger partial charge in [-0.2, -0.15) is 0 Å². The van der Waals surface area contributed by atoms with E-state index in [-0.39, 0.29) is 65.7 Å². The van der Waals surface area contributed by atoms with Gasteiger partial charge in [0.2, 0.25) is 0 Å². The average molecular weight is 493 g/mol. The number of carbonyl (C=O) groups is 2. The molecule has 0 radical (unpaired) electrons. The van der Waals surface area contributed by atoms with Gasteiger partial charge >= 0.3 is 65.1 Å². The molecule has 0 aliphatic heterocycles. The van der Waals surface area contributed by atoms with Crippen LogP contribution in [0.2, 0.25) is 0 Å². The minimum atomic E-state index is -5.08. The van der Waals surface area contributed by atoms with Gasteiger partial charge in [0.15, 0.2) is 5.25 Å². The maximum absolute atomic E-state index is 11.6. The number of esters is 1. The first-order valence-electron chi connectivity index (χ1n) is 11.2. The number of carboxylic acid groups (broad SMARTS) is 1. The largest absolute Gasteiger partial charge is 1.00 e. The van der Waals surface area contributed by atoms with Crippen molar-refractivity contribution in [2.24, 2.45) is 0 Å². The molecule has 32 heavy (non-hydrogen) atoms. The zero-order chi connectivity index (χ0) is 22.7. The summed E-state index contributed by atoms with van der Waals surface area (Å²) in [6.45, 7) is 2.20. The quantitative estimate of drug-likeness (QED) is 0.0612. The van der Waals surface area contributed by atoms with E-state index in [0.29, 0.717) is 6.42 Å². The molecule has 0 bridgehead atoms. The van der Waals surface area contributed by atoms with Crippen molar-refractivity contribution in [3.05, 3.63) is 12.2 Å². The molecule has 1 unspecified atom stereocenters. The Morgan fingerprint density at radius 3 is 1.69 bits per heavy atom. The van der Waals surface area contributed by atoms with Crippen LogP contribution in [0.4, 0.5) is 0 Å². The number of hydrogen-bond donors (Lipinski definition) is 0. The first kappa shape index (κ1) is 37.1. The molecule has 0 aromatic heterocycles. The summed E-state index contributed by atoms with van der Waals surface area (Å²) in [6, 6.07) is 0. The Kier molecular flexibility index (Phi) is 28.7. The summed E-state index contributed by atoms with van der Waals surface area (Å²) in [5, 5.41) is 8.23. The Morgan fingerprint density at radius 1 is 0.812 bits per heavy atom. The van der Waals surface area contributed by atoms with Gasteiger partial charge in [0.25, 0.3) is 0 Å². The van der Waals surface area contributed by atoms with E-state index in [1.54, 1.807) is 0 Å². The van der Waals surface area contributed by atoms with Crippen LogP contribution < -0.4 is 64.2 Å². The van der Waals surface area contributed by atoms with Gasteiger partial charge in [-0.1, -0.05) is 76.9 Å². The molecule has 0 saturated heterocycles. The zero-order valence-corrected chi connectivity index (χ0v) is 25.1. The Bertz CT molecular complexity index is 595. The van der Waals surface area contributed by atoms with Crippen LogP contribution in [0.5, 0.6) is 0 Å². The Labute approximate surface area is 238 Å². The molecule has 0 aromatic carbocycles. The average Bonchev–Trinajstić information content (AvgIpc) is 2.67. The van der Waals surface area contributed by atoms with E-state index in [0.717, 1.165) is 38.5 Å². The third-order valence-electron chi connectivity index (χ3n) is 4.86. The van der Waals surface area contributed by atoms with Gasteiger partial charge in [-0.15, -0.1) is 0 Å². The fourth-order valence-corrected chi connectivity index (χ4v) is 3.71. The monoisotopic (exact) mass is 492 g/mol. The number of ether oxygens (including phenoxy) is 1. The first-order valence-corrected chi connectivity index (χ1v) is 12.7. The molecule has 0 aliphatic carbocycles. The van der Waals surface area contributed by atoms with Crippen molar-refractivity contribution in [1.29, 1.82) is 0 Å². The molecule has 0 N–H and O–H groups in total. The molecule has 0 rings (SSSR count). The molecular weight excluding hydrogens is 454 g/mol. The standard InChI is InChI=1S/C22H40O7S.2Na/c1-2-3-4-5-6-7-8-9-10-11-12-13-14-15-16-17-18-29-22(25)20(19-21(23)24)30(26,27)28;;/h9-10,20H,2-8,11-19H2,1H3,(H,23,24)(H,26,27,28);;/q;2*+1/p-2. The number of allylic oxidation sites excluding steroid dienone is 2. The van der Waals surface area contributed by atoms with Crippen molar-refractivity contribution in [2.45, 2.75) is 108 Å². The maximum Gasteiger partial charge on any atom is 1.00 e. The molecule has 0 aliphatic rings. The Morgan fingerprint density at radius 2 is 1.25 bits per heavy atom. The Balaban J connectivity index is -0.00000420. The number of carbonyl (C=O) groups excluding carboxylic acids is 2. The van der Waals surface area contributed by atoms with Gasteiger partial charge in [-0.05, 0) is 32.1 Å². The predicted molar refractivity (Wildman–Crippen MR) is 114 cm³/mol. The summed E-state index contributed by atoms with van der Waals surface area (Å²) in [5.41, 5.74) is 0. The summed E-state index contributed by atoms with van der Waals surface area (Å²) in [4.78, 5) is 22.1. The second-order valence-corrected chi connectivity index (χ2v) is 9.22. The van der Waals surface area contributed by atoms with Crippen LogP contribution in [-0.4, -0.2) is 36.8 Å². The fourth-order valence-electron chi connectivity index (χ4n) is 3.07. The van der Waals surface area contributed by atoms with Gasteiger partial charge in [-0.25, -0.2) is 8.42 Å². The molecule has 176 valence electrons. The van der Waals surface area contributed by atoms with Crippen LogP contribution in [0.1, 0.15) is 103 Å². The molecule has 7 nitrogen and oxygen atoms in total. The van der Waals surface area contributed by atoms with Gasteiger partial charge in [0, 0.05) is 12.4 Å². The summed E-state index contributed by atoms with van der Waals surface area (Å²) in [6.07, 6.45) is 19.2. The summed E-state index contributed by atoms with van der Waals surface area (Å²) >= 11 is 0. The maximum atomic E-state index is 11.6. The van der Waals surface area contributed by atoms with Gasteiger partial charge in [0.05, 0.1) is 6.61 Å². The smallest absolute Gasteiger partial charge is 0.747 e. The minimum absolute atomic E-state index is 0.